The summed E-state index contributed by atoms with van der Waals surface area (Å²) in [6.07, 6.45) is -3.65. The van der Waals surface area contributed by atoms with E-state index in [9.17, 15) is 23.9 Å². The van der Waals surface area contributed by atoms with E-state index < -0.39 is 60.1 Å². The molecular formula is C11H18N5O12P3. The molecule has 3 rings (SSSR count). The maximum absolute atomic E-state index is 12.4. The number of fused-ring (bicyclic) bond motifs is 1. The van der Waals surface area contributed by atoms with Crippen LogP contribution in [0.5, 0.6) is 0 Å². The zero-order valence-corrected chi connectivity index (χ0v) is 17.9. The predicted molar refractivity (Wildman–Crippen MR) is 99.3 cm³/mol. The lowest BCUT2D eigenvalue weighted by atomic mass is 10.1. The normalized spacial score (nSPS) is 26.9. The van der Waals surface area contributed by atoms with E-state index in [1.54, 1.807) is 0 Å². The average Bonchev–Trinajstić information content (AvgIpc) is 3.13. The molecule has 2 aromatic rings. The Morgan fingerprint density at radius 3 is 2.39 bits per heavy atom. The molecule has 0 radical (unpaired) electrons. The SMILES string of the molecule is Nc1ncnc2c1ncn2[C@@H]1O[C@H](COP(=O)(CP(=O)(O)O)OP(=O)(O)O)[C@@H](O)[C@H]1O. The number of anilines is 1. The molecule has 1 aliphatic heterocycles. The molecule has 174 valence electrons. The fourth-order valence-corrected chi connectivity index (χ4v) is 7.48. The van der Waals surface area contributed by atoms with Gasteiger partial charge < -0.3 is 44.8 Å². The van der Waals surface area contributed by atoms with Gasteiger partial charge in [0.15, 0.2) is 23.6 Å². The van der Waals surface area contributed by atoms with Gasteiger partial charge in [-0.05, 0) is 0 Å². The van der Waals surface area contributed by atoms with Gasteiger partial charge in [0.2, 0.25) is 0 Å². The first-order chi connectivity index (χ1) is 14.2. The summed E-state index contributed by atoms with van der Waals surface area (Å²) in [5.74, 6) is -1.59. The van der Waals surface area contributed by atoms with Crippen LogP contribution in [0.25, 0.3) is 11.2 Å². The minimum atomic E-state index is -5.47. The Morgan fingerprint density at radius 1 is 1.10 bits per heavy atom. The molecule has 1 saturated heterocycles. The van der Waals surface area contributed by atoms with Crippen molar-refractivity contribution < 1.29 is 57.1 Å². The number of nitrogens with two attached hydrogens (primary N) is 1. The van der Waals surface area contributed by atoms with Crippen molar-refractivity contribution >= 4 is 40.0 Å². The number of phosphoric acid groups is 1. The van der Waals surface area contributed by atoms with Gasteiger partial charge in [0.25, 0.3) is 0 Å². The first kappa shape index (κ1) is 24.3. The number of aliphatic hydroxyl groups is 2. The predicted octanol–water partition coefficient (Wildman–Crippen LogP) is -1.52. The summed E-state index contributed by atoms with van der Waals surface area (Å²) in [5, 5.41) is 20.6. The van der Waals surface area contributed by atoms with Crippen LogP contribution in [0.4, 0.5) is 5.82 Å². The van der Waals surface area contributed by atoms with Crippen molar-refractivity contribution in [3.63, 3.8) is 0 Å². The summed E-state index contributed by atoms with van der Waals surface area (Å²) in [6.45, 7) is -0.907. The Kier molecular flexibility index (Phi) is 6.71. The van der Waals surface area contributed by atoms with Crippen LogP contribution < -0.4 is 5.73 Å². The Labute approximate surface area is 172 Å². The second-order valence-corrected chi connectivity index (χ2v) is 12.0. The number of rotatable bonds is 8. The van der Waals surface area contributed by atoms with E-state index in [1.165, 1.54) is 10.9 Å². The lowest BCUT2D eigenvalue weighted by Gasteiger charge is -2.22. The highest BCUT2D eigenvalue weighted by molar-refractivity contribution is 7.74. The third-order valence-corrected chi connectivity index (χ3v) is 9.27. The van der Waals surface area contributed by atoms with E-state index in [0.29, 0.717) is 0 Å². The maximum Gasteiger partial charge on any atom is 0.476 e. The van der Waals surface area contributed by atoms with Gasteiger partial charge in [-0.1, -0.05) is 0 Å². The third-order valence-electron chi connectivity index (χ3n) is 4.02. The standard InChI is InChI=1S/C11H18N5O12P3/c12-9-6-10(14-2-13-9)16(3-15-6)11-8(18)7(17)5(27-11)1-26-30(22,4-29(19,20)21)28-31(23,24)25/h2-3,5,7-8,11,17-18H,1,4H2,(H2,12,13,14)(H2,19,20,21)(H2,23,24,25)/t5-,7-,8-,11-,30?/m1/s1. The highest BCUT2D eigenvalue weighted by Crippen LogP contribution is 2.66. The number of imidazole rings is 1. The second-order valence-electron chi connectivity index (χ2n) is 6.41. The molecule has 0 amide bonds. The smallest absolute Gasteiger partial charge is 0.387 e. The minimum Gasteiger partial charge on any atom is -0.387 e. The van der Waals surface area contributed by atoms with E-state index in [1.807, 2.05) is 0 Å². The summed E-state index contributed by atoms with van der Waals surface area (Å²) in [4.78, 5) is 47.4. The molecule has 0 saturated carbocycles. The zero-order chi connectivity index (χ0) is 23.2. The van der Waals surface area contributed by atoms with Crippen molar-refractivity contribution in [2.45, 2.75) is 24.5 Å². The van der Waals surface area contributed by atoms with E-state index in [2.05, 4.69) is 19.3 Å². The molecule has 3 heterocycles. The number of nitrogens with zero attached hydrogens (tertiary/aromatic N) is 4. The van der Waals surface area contributed by atoms with Gasteiger partial charge >= 0.3 is 23.0 Å². The number of ether oxygens (including phenoxy) is 1. The molecule has 1 unspecified atom stereocenters. The van der Waals surface area contributed by atoms with Crippen LogP contribution in [0, 0.1) is 0 Å². The number of nitrogen functional groups attached to an aromatic ring is 1. The summed E-state index contributed by atoms with van der Waals surface area (Å²) in [6, 6.07) is 0. The Morgan fingerprint density at radius 2 is 1.77 bits per heavy atom. The number of hydrogen-bond donors (Lipinski definition) is 7. The van der Waals surface area contributed by atoms with Crippen molar-refractivity contribution in [1.82, 2.24) is 19.5 Å². The van der Waals surface area contributed by atoms with E-state index >= 15 is 0 Å². The lowest BCUT2D eigenvalue weighted by Crippen LogP contribution is -2.33. The fourth-order valence-electron chi connectivity index (χ4n) is 2.82. The quantitative estimate of drug-likeness (QED) is 0.201. The number of hydrogen-bond acceptors (Lipinski definition) is 12. The van der Waals surface area contributed by atoms with Crippen LogP contribution >= 0.6 is 23.0 Å². The van der Waals surface area contributed by atoms with Crippen LogP contribution in [0.3, 0.4) is 0 Å². The molecule has 1 aliphatic rings. The van der Waals surface area contributed by atoms with Crippen LogP contribution in [0.15, 0.2) is 12.7 Å². The lowest BCUT2D eigenvalue weighted by molar-refractivity contribution is -0.0483. The summed E-state index contributed by atoms with van der Waals surface area (Å²) < 4.78 is 50.0. The van der Waals surface area contributed by atoms with Crippen molar-refractivity contribution in [1.29, 1.82) is 0 Å². The summed E-state index contributed by atoms with van der Waals surface area (Å²) >= 11 is 0. The van der Waals surface area contributed by atoms with Crippen molar-refractivity contribution in [2.75, 3.05) is 18.2 Å². The average molecular weight is 505 g/mol. The van der Waals surface area contributed by atoms with Gasteiger partial charge in [0.1, 0.15) is 30.2 Å². The monoisotopic (exact) mass is 505 g/mol. The van der Waals surface area contributed by atoms with Crippen LogP contribution in [-0.2, 0) is 27.3 Å². The molecular weight excluding hydrogens is 487 g/mol. The zero-order valence-electron chi connectivity index (χ0n) is 15.2. The van der Waals surface area contributed by atoms with Crippen molar-refractivity contribution in [2.24, 2.45) is 0 Å². The van der Waals surface area contributed by atoms with Crippen LogP contribution in [-0.4, -0.2) is 80.1 Å². The molecule has 1 fully saturated rings. The largest absolute Gasteiger partial charge is 0.476 e. The van der Waals surface area contributed by atoms with Crippen LogP contribution in [0.1, 0.15) is 6.23 Å². The molecule has 20 heteroatoms. The summed E-state index contributed by atoms with van der Waals surface area (Å²) in [7, 11) is -15.6. The van der Waals surface area contributed by atoms with Gasteiger partial charge in [0.05, 0.1) is 12.9 Å². The maximum atomic E-state index is 12.4. The molecule has 31 heavy (non-hydrogen) atoms. The van der Waals surface area contributed by atoms with Gasteiger partial charge in [0, 0.05) is 0 Å². The molecule has 0 aliphatic carbocycles. The summed E-state index contributed by atoms with van der Waals surface area (Å²) in [5.41, 5.74) is 6.03. The second kappa shape index (κ2) is 8.56. The number of aliphatic hydroxyl groups excluding tert-OH is 2. The third kappa shape index (κ3) is 5.73. The van der Waals surface area contributed by atoms with Crippen molar-refractivity contribution in [3.05, 3.63) is 12.7 Å². The highest BCUT2D eigenvalue weighted by Gasteiger charge is 2.47. The molecule has 0 aromatic carbocycles. The van der Waals surface area contributed by atoms with Gasteiger partial charge in [-0.25, -0.2) is 23.8 Å². The van der Waals surface area contributed by atoms with Gasteiger partial charge in [-0.3, -0.25) is 13.7 Å². The Bertz CT molecular complexity index is 1070. The Balaban J connectivity index is 1.79. The number of aromatic nitrogens is 4. The van der Waals surface area contributed by atoms with E-state index in [0.717, 1.165) is 6.33 Å². The van der Waals surface area contributed by atoms with Crippen LogP contribution in [0.2, 0.25) is 0 Å². The minimum absolute atomic E-state index is 0.0460. The first-order valence-electron chi connectivity index (χ1n) is 8.19. The molecule has 5 atom stereocenters. The molecule has 0 spiro atoms. The van der Waals surface area contributed by atoms with E-state index in [4.69, 9.17) is 34.6 Å². The first-order valence-corrected chi connectivity index (χ1v) is 13.2. The molecule has 0 bridgehead atoms. The van der Waals surface area contributed by atoms with Gasteiger partial charge in [-0.15, -0.1) is 0 Å². The molecule has 2 aromatic heterocycles. The molecule has 8 N–H and O–H groups in total. The topological polar surface area (TPSA) is 270 Å². The Hall–Kier alpha value is -1.32. The van der Waals surface area contributed by atoms with Gasteiger partial charge in [-0.2, -0.15) is 0 Å². The highest BCUT2D eigenvalue weighted by atomic mass is 31.3. The molecule has 17 nitrogen and oxygen atoms in total. The van der Waals surface area contributed by atoms with E-state index in [-0.39, 0.29) is 17.0 Å². The van der Waals surface area contributed by atoms with Crippen molar-refractivity contribution in [3.8, 4) is 0 Å². The fraction of sp³-hybridized carbons (Fsp3) is 0.545.